The van der Waals surface area contributed by atoms with Crippen molar-refractivity contribution in [3.63, 3.8) is 0 Å². The van der Waals surface area contributed by atoms with Crippen molar-refractivity contribution in [2.75, 3.05) is 7.05 Å². The van der Waals surface area contributed by atoms with Crippen LogP contribution in [0.3, 0.4) is 0 Å². The molecule has 1 rings (SSSR count). The van der Waals surface area contributed by atoms with Crippen LogP contribution in [0.15, 0.2) is 0 Å². The Morgan fingerprint density at radius 2 is 1.78 bits per heavy atom. The van der Waals surface area contributed by atoms with Crippen molar-refractivity contribution in [3.8, 4) is 0 Å². The van der Waals surface area contributed by atoms with E-state index in [9.17, 15) is 0 Å². The molecule has 0 aromatic rings. The lowest BCUT2D eigenvalue weighted by atomic mass is 9.93. The van der Waals surface area contributed by atoms with Gasteiger partial charge in [-0.15, -0.1) is 0 Å². The molecule has 0 atom stereocenters. The summed E-state index contributed by atoms with van der Waals surface area (Å²) in [6.07, 6.45) is 7.20. The van der Waals surface area contributed by atoms with Gasteiger partial charge in [-0.1, -0.05) is 19.3 Å². The lowest BCUT2D eigenvalue weighted by Gasteiger charge is -2.28. The average molecular weight is 125 g/mol. The van der Waals surface area contributed by atoms with Crippen LogP contribution < -0.4 is 0 Å². The zero-order valence-electron chi connectivity index (χ0n) is 6.56. The maximum Gasteiger partial charge on any atom is 0.185 e. The first-order chi connectivity index (χ1) is 4.30. The van der Waals surface area contributed by atoms with Crippen molar-refractivity contribution in [1.82, 2.24) is 4.81 Å². The van der Waals surface area contributed by atoms with Crippen LogP contribution in [-0.2, 0) is 0 Å². The van der Waals surface area contributed by atoms with Gasteiger partial charge in [0.1, 0.15) is 0 Å². The number of nitrogens with zero attached hydrogens (tertiary/aromatic N) is 1. The van der Waals surface area contributed by atoms with Crippen molar-refractivity contribution >= 4 is 7.98 Å². The van der Waals surface area contributed by atoms with Crippen LogP contribution in [0.1, 0.15) is 32.1 Å². The molecule has 1 saturated carbocycles. The molecule has 2 heteroatoms. The Labute approximate surface area is 58.9 Å². The summed E-state index contributed by atoms with van der Waals surface area (Å²) in [5.74, 6) is 0. The Hall–Kier alpha value is 0.0249. The summed E-state index contributed by atoms with van der Waals surface area (Å²) in [6, 6.07) is 0.888. The normalized spacial score (nSPS) is 22.9. The number of hydrogen-bond acceptors (Lipinski definition) is 1. The summed E-state index contributed by atoms with van der Waals surface area (Å²) in [5.41, 5.74) is 0. The minimum atomic E-state index is 0.888. The Bertz CT molecular complexity index is 77.0. The maximum absolute atomic E-state index is 2.36. The van der Waals surface area contributed by atoms with E-state index in [4.69, 9.17) is 0 Å². The molecule has 0 unspecified atom stereocenters. The third-order valence-corrected chi connectivity index (χ3v) is 2.30. The molecule has 1 fully saturated rings. The zero-order chi connectivity index (χ0) is 6.69. The molecule has 0 aromatic heterocycles. The van der Waals surface area contributed by atoms with Crippen LogP contribution in [-0.4, -0.2) is 25.9 Å². The van der Waals surface area contributed by atoms with Crippen molar-refractivity contribution in [2.45, 2.75) is 38.1 Å². The van der Waals surface area contributed by atoms with Crippen molar-refractivity contribution in [2.24, 2.45) is 0 Å². The average Bonchev–Trinajstić information content (AvgIpc) is 1.90. The summed E-state index contributed by atoms with van der Waals surface area (Å²) < 4.78 is 0. The maximum atomic E-state index is 2.36. The molecule has 9 heavy (non-hydrogen) atoms. The van der Waals surface area contributed by atoms with Gasteiger partial charge in [-0.05, 0) is 25.9 Å². The van der Waals surface area contributed by atoms with E-state index in [2.05, 4.69) is 19.8 Å². The lowest BCUT2D eigenvalue weighted by Crippen LogP contribution is -2.30. The summed E-state index contributed by atoms with van der Waals surface area (Å²) in [5, 5.41) is 0. The van der Waals surface area contributed by atoms with Gasteiger partial charge in [-0.25, -0.2) is 0 Å². The molecule has 0 amide bonds. The van der Waals surface area contributed by atoms with Crippen LogP contribution in [0, 0.1) is 0 Å². The van der Waals surface area contributed by atoms with Gasteiger partial charge in [-0.3, -0.25) is 0 Å². The highest BCUT2D eigenvalue weighted by Gasteiger charge is 2.13. The van der Waals surface area contributed by atoms with E-state index in [1.165, 1.54) is 32.1 Å². The fourth-order valence-electron chi connectivity index (χ4n) is 1.60. The summed E-state index contributed by atoms with van der Waals surface area (Å²) in [4.78, 5) is 2.36. The van der Waals surface area contributed by atoms with Gasteiger partial charge >= 0.3 is 0 Å². The lowest BCUT2D eigenvalue weighted by molar-refractivity contribution is 0.296. The number of rotatable bonds is 1. The van der Waals surface area contributed by atoms with Gasteiger partial charge in [0.15, 0.2) is 7.98 Å². The Balaban J connectivity index is 2.23. The largest absolute Gasteiger partial charge is 0.349 e. The van der Waals surface area contributed by atoms with Crippen molar-refractivity contribution in [3.05, 3.63) is 0 Å². The highest BCUT2D eigenvalue weighted by atomic mass is 15.0. The fourth-order valence-corrected chi connectivity index (χ4v) is 1.60. The third-order valence-electron chi connectivity index (χ3n) is 2.30. The molecule has 1 nitrogen and oxygen atoms in total. The molecule has 52 valence electrons. The van der Waals surface area contributed by atoms with Gasteiger partial charge in [0, 0.05) is 0 Å². The van der Waals surface area contributed by atoms with Crippen LogP contribution in [0.2, 0.25) is 0 Å². The van der Waals surface area contributed by atoms with Crippen LogP contribution in [0.5, 0.6) is 0 Å². The first kappa shape index (κ1) is 7.14. The van der Waals surface area contributed by atoms with Gasteiger partial charge < -0.3 is 4.81 Å². The standard InChI is InChI=1S/C7H16BN/c1-9(8)7-5-3-2-4-6-7/h7H,2-6,8H2,1H3. The van der Waals surface area contributed by atoms with E-state index in [0.29, 0.717) is 0 Å². The topological polar surface area (TPSA) is 3.24 Å². The minimum absolute atomic E-state index is 0.888. The van der Waals surface area contributed by atoms with E-state index in [1.54, 1.807) is 0 Å². The van der Waals surface area contributed by atoms with Crippen molar-refractivity contribution < 1.29 is 0 Å². The summed E-state index contributed by atoms with van der Waals surface area (Å²) >= 11 is 0. The molecule has 1 aliphatic rings. The van der Waals surface area contributed by atoms with E-state index in [0.717, 1.165) is 6.04 Å². The third kappa shape index (κ3) is 2.01. The van der Waals surface area contributed by atoms with Gasteiger partial charge in [0.25, 0.3) is 0 Å². The molecule has 0 spiro atoms. The van der Waals surface area contributed by atoms with E-state index >= 15 is 0 Å². The van der Waals surface area contributed by atoms with E-state index in [-0.39, 0.29) is 0 Å². The molecular formula is C7H16BN. The molecule has 0 N–H and O–H groups in total. The molecule has 0 bridgehead atoms. The van der Waals surface area contributed by atoms with Gasteiger partial charge in [-0.2, -0.15) is 0 Å². The zero-order valence-corrected chi connectivity index (χ0v) is 6.56. The summed E-state index contributed by atoms with van der Waals surface area (Å²) in [7, 11) is 4.38. The SMILES string of the molecule is BN(C)C1CCCCC1. The molecular weight excluding hydrogens is 109 g/mol. The molecule has 0 heterocycles. The fraction of sp³-hybridized carbons (Fsp3) is 1.00. The van der Waals surface area contributed by atoms with Gasteiger partial charge in [0.05, 0.1) is 0 Å². The summed E-state index contributed by atoms with van der Waals surface area (Å²) in [6.45, 7) is 0. The second kappa shape index (κ2) is 3.26. The first-order valence-electron chi connectivity index (χ1n) is 3.97. The molecule has 1 aliphatic carbocycles. The van der Waals surface area contributed by atoms with Gasteiger partial charge in [0.2, 0.25) is 0 Å². The minimum Gasteiger partial charge on any atom is -0.349 e. The molecule has 0 aromatic carbocycles. The molecule has 0 radical (unpaired) electrons. The highest BCUT2D eigenvalue weighted by Crippen LogP contribution is 2.19. The Kier molecular flexibility index (Phi) is 2.58. The molecule has 0 saturated heterocycles. The smallest absolute Gasteiger partial charge is 0.185 e. The van der Waals surface area contributed by atoms with E-state index < -0.39 is 0 Å². The molecule has 0 aliphatic heterocycles. The Morgan fingerprint density at radius 3 is 2.11 bits per heavy atom. The monoisotopic (exact) mass is 125 g/mol. The van der Waals surface area contributed by atoms with E-state index in [1.807, 2.05) is 0 Å². The quantitative estimate of drug-likeness (QED) is 0.468. The second-order valence-electron chi connectivity index (χ2n) is 3.26. The van der Waals surface area contributed by atoms with Crippen molar-refractivity contribution in [1.29, 1.82) is 0 Å². The first-order valence-corrected chi connectivity index (χ1v) is 3.97. The second-order valence-corrected chi connectivity index (χ2v) is 3.26. The predicted octanol–water partition coefficient (Wildman–Crippen LogP) is 0.799. The van der Waals surface area contributed by atoms with Crippen LogP contribution >= 0.6 is 0 Å². The highest BCUT2D eigenvalue weighted by molar-refractivity contribution is 6.04. The number of hydrogen-bond donors (Lipinski definition) is 0. The van der Waals surface area contributed by atoms with Crippen LogP contribution in [0.4, 0.5) is 0 Å². The van der Waals surface area contributed by atoms with Crippen LogP contribution in [0.25, 0.3) is 0 Å². The Morgan fingerprint density at radius 1 is 1.22 bits per heavy atom. The predicted molar refractivity (Wildman–Crippen MR) is 43.2 cm³/mol.